The number of halogens is 1. The van der Waals surface area contributed by atoms with E-state index >= 15 is 0 Å². The SMILES string of the molecule is Cc1cc(Cl)ccc1OCCCC(=O)Nc1ccc(S(=O)(=O)N(CC(C)C)CC(C)C)cc1. The van der Waals surface area contributed by atoms with Crippen molar-refractivity contribution in [2.45, 2.75) is 52.4 Å². The second-order valence-electron chi connectivity index (χ2n) is 9.04. The van der Waals surface area contributed by atoms with Gasteiger partial charge in [-0.05, 0) is 73.2 Å². The Morgan fingerprint density at radius 1 is 1.03 bits per heavy atom. The lowest BCUT2D eigenvalue weighted by molar-refractivity contribution is -0.116. The first-order valence-corrected chi connectivity index (χ1v) is 13.1. The molecule has 0 aliphatic heterocycles. The van der Waals surface area contributed by atoms with E-state index in [0.717, 1.165) is 11.3 Å². The predicted molar refractivity (Wildman–Crippen MR) is 134 cm³/mol. The van der Waals surface area contributed by atoms with E-state index in [1.54, 1.807) is 34.6 Å². The fourth-order valence-corrected chi connectivity index (χ4v) is 5.35. The number of nitrogens with one attached hydrogen (secondary N) is 1. The van der Waals surface area contributed by atoms with E-state index in [0.29, 0.717) is 43.2 Å². The van der Waals surface area contributed by atoms with Crippen LogP contribution in [0.1, 0.15) is 46.1 Å². The summed E-state index contributed by atoms with van der Waals surface area (Å²) in [6.45, 7) is 11.3. The Morgan fingerprint density at radius 2 is 1.64 bits per heavy atom. The molecular weight excluding hydrogens is 460 g/mol. The van der Waals surface area contributed by atoms with Crippen molar-refractivity contribution in [3.05, 3.63) is 53.1 Å². The molecule has 0 spiro atoms. The van der Waals surface area contributed by atoms with Gasteiger partial charge in [0.15, 0.2) is 0 Å². The van der Waals surface area contributed by atoms with Gasteiger partial charge < -0.3 is 10.1 Å². The monoisotopic (exact) mass is 494 g/mol. The van der Waals surface area contributed by atoms with Crippen LogP contribution < -0.4 is 10.1 Å². The molecule has 0 aliphatic carbocycles. The van der Waals surface area contributed by atoms with Crippen LogP contribution in [0.3, 0.4) is 0 Å². The van der Waals surface area contributed by atoms with E-state index in [-0.39, 0.29) is 22.6 Å². The minimum atomic E-state index is -3.59. The molecule has 0 unspecified atom stereocenters. The maximum absolute atomic E-state index is 13.1. The van der Waals surface area contributed by atoms with E-state index < -0.39 is 10.0 Å². The summed E-state index contributed by atoms with van der Waals surface area (Å²) in [5.41, 5.74) is 1.51. The Balaban J connectivity index is 1.90. The summed E-state index contributed by atoms with van der Waals surface area (Å²) in [5, 5.41) is 3.47. The standard InChI is InChI=1S/C25H35ClN2O4S/c1-18(2)16-28(17-19(3)4)33(30,31)23-11-9-22(10-12-23)27-25(29)7-6-14-32-24-13-8-21(26)15-20(24)5/h8-13,15,18-19H,6-7,14,16-17H2,1-5H3,(H,27,29). The zero-order chi connectivity index (χ0) is 24.6. The molecule has 182 valence electrons. The van der Waals surface area contributed by atoms with Crippen LogP contribution in [-0.4, -0.2) is 38.3 Å². The first-order valence-electron chi connectivity index (χ1n) is 11.3. The fraction of sp³-hybridized carbons (Fsp3) is 0.480. The van der Waals surface area contributed by atoms with Crippen LogP contribution in [0.5, 0.6) is 5.75 Å². The minimum absolute atomic E-state index is 0.150. The van der Waals surface area contributed by atoms with Crippen LogP contribution in [0.4, 0.5) is 5.69 Å². The van der Waals surface area contributed by atoms with Crippen molar-refractivity contribution in [1.29, 1.82) is 0 Å². The van der Waals surface area contributed by atoms with Gasteiger partial charge in [0, 0.05) is 30.2 Å². The summed E-state index contributed by atoms with van der Waals surface area (Å²) in [4.78, 5) is 12.5. The van der Waals surface area contributed by atoms with E-state index in [1.807, 2.05) is 46.8 Å². The number of ether oxygens (including phenoxy) is 1. The van der Waals surface area contributed by atoms with Crippen molar-refractivity contribution in [3.8, 4) is 5.75 Å². The lowest BCUT2D eigenvalue weighted by atomic mass is 10.2. The number of hydrogen-bond acceptors (Lipinski definition) is 4. The van der Waals surface area contributed by atoms with Gasteiger partial charge in [0.25, 0.3) is 0 Å². The molecule has 2 aromatic carbocycles. The van der Waals surface area contributed by atoms with Crippen molar-refractivity contribution in [3.63, 3.8) is 0 Å². The Bertz CT molecular complexity index is 1010. The second-order valence-corrected chi connectivity index (χ2v) is 11.4. The zero-order valence-electron chi connectivity index (χ0n) is 20.1. The van der Waals surface area contributed by atoms with Crippen LogP contribution >= 0.6 is 11.6 Å². The van der Waals surface area contributed by atoms with Crippen LogP contribution in [0.25, 0.3) is 0 Å². The van der Waals surface area contributed by atoms with Gasteiger partial charge in [-0.1, -0.05) is 39.3 Å². The summed E-state index contributed by atoms with van der Waals surface area (Å²) in [7, 11) is -3.59. The first kappa shape index (κ1) is 27.2. The average Bonchev–Trinajstić information content (AvgIpc) is 2.71. The average molecular weight is 495 g/mol. The molecule has 0 radical (unpaired) electrons. The Labute approximate surface area is 203 Å². The highest BCUT2D eigenvalue weighted by Crippen LogP contribution is 2.23. The highest BCUT2D eigenvalue weighted by atomic mass is 35.5. The number of hydrogen-bond donors (Lipinski definition) is 1. The van der Waals surface area contributed by atoms with Gasteiger partial charge in [-0.2, -0.15) is 4.31 Å². The van der Waals surface area contributed by atoms with E-state index in [1.165, 1.54) is 0 Å². The molecule has 1 amide bonds. The number of carbonyl (C=O) groups is 1. The maximum Gasteiger partial charge on any atom is 0.243 e. The molecule has 33 heavy (non-hydrogen) atoms. The van der Waals surface area contributed by atoms with E-state index in [2.05, 4.69) is 5.32 Å². The van der Waals surface area contributed by atoms with Gasteiger partial charge in [-0.15, -0.1) is 0 Å². The van der Waals surface area contributed by atoms with E-state index in [9.17, 15) is 13.2 Å². The van der Waals surface area contributed by atoms with Crippen LogP contribution in [0, 0.1) is 18.8 Å². The number of anilines is 1. The van der Waals surface area contributed by atoms with Crippen molar-refractivity contribution < 1.29 is 17.9 Å². The highest BCUT2D eigenvalue weighted by molar-refractivity contribution is 7.89. The molecule has 2 aromatic rings. The largest absolute Gasteiger partial charge is 0.493 e. The summed E-state index contributed by atoms with van der Waals surface area (Å²) in [5.74, 6) is 1.05. The normalized spacial score (nSPS) is 11.9. The smallest absolute Gasteiger partial charge is 0.243 e. The Morgan fingerprint density at radius 3 is 2.18 bits per heavy atom. The van der Waals surface area contributed by atoms with Crippen molar-refractivity contribution in [2.24, 2.45) is 11.8 Å². The molecule has 2 rings (SSSR count). The number of nitrogens with zero attached hydrogens (tertiary/aromatic N) is 1. The summed E-state index contributed by atoms with van der Waals surface area (Å²) >= 11 is 5.94. The summed E-state index contributed by atoms with van der Waals surface area (Å²) < 4.78 is 33.4. The molecule has 8 heteroatoms. The molecule has 0 aliphatic rings. The first-order chi connectivity index (χ1) is 15.5. The molecule has 0 aromatic heterocycles. The lowest BCUT2D eigenvalue weighted by Gasteiger charge is -2.25. The fourth-order valence-electron chi connectivity index (χ4n) is 3.36. The van der Waals surface area contributed by atoms with Crippen molar-refractivity contribution >= 4 is 33.2 Å². The van der Waals surface area contributed by atoms with Gasteiger partial charge in [-0.3, -0.25) is 4.79 Å². The third kappa shape index (κ3) is 8.65. The number of carbonyl (C=O) groups excluding carboxylic acids is 1. The van der Waals surface area contributed by atoms with Gasteiger partial charge in [0.05, 0.1) is 11.5 Å². The Hall–Kier alpha value is -2.09. The summed E-state index contributed by atoms with van der Waals surface area (Å²) in [6.07, 6.45) is 0.850. The molecule has 0 saturated carbocycles. The quantitative estimate of drug-likeness (QED) is 0.381. The summed E-state index contributed by atoms with van der Waals surface area (Å²) in [6, 6.07) is 11.8. The van der Waals surface area contributed by atoms with Crippen LogP contribution in [-0.2, 0) is 14.8 Å². The number of aryl methyl sites for hydroxylation is 1. The van der Waals surface area contributed by atoms with Crippen molar-refractivity contribution in [1.82, 2.24) is 4.31 Å². The molecule has 0 bridgehead atoms. The number of rotatable bonds is 12. The van der Waals surface area contributed by atoms with Crippen molar-refractivity contribution in [2.75, 3.05) is 25.0 Å². The molecule has 0 atom stereocenters. The van der Waals surface area contributed by atoms with Gasteiger partial charge in [-0.25, -0.2) is 8.42 Å². The van der Waals surface area contributed by atoms with E-state index in [4.69, 9.17) is 16.3 Å². The molecule has 1 N–H and O–H groups in total. The predicted octanol–water partition coefficient (Wildman–Crippen LogP) is 5.75. The minimum Gasteiger partial charge on any atom is -0.493 e. The second kappa shape index (κ2) is 12.4. The number of amides is 1. The van der Waals surface area contributed by atoms with Crippen LogP contribution in [0.15, 0.2) is 47.4 Å². The van der Waals surface area contributed by atoms with Gasteiger partial charge in [0.1, 0.15) is 5.75 Å². The number of sulfonamides is 1. The molecule has 0 fully saturated rings. The zero-order valence-corrected chi connectivity index (χ0v) is 21.7. The third-order valence-electron chi connectivity index (χ3n) is 4.86. The highest BCUT2D eigenvalue weighted by Gasteiger charge is 2.25. The lowest BCUT2D eigenvalue weighted by Crippen LogP contribution is -2.37. The maximum atomic E-state index is 13.1. The molecule has 0 heterocycles. The molecule has 6 nitrogen and oxygen atoms in total. The van der Waals surface area contributed by atoms with Gasteiger partial charge in [0.2, 0.25) is 15.9 Å². The molecular formula is C25H35ClN2O4S. The molecule has 0 saturated heterocycles. The number of benzene rings is 2. The third-order valence-corrected chi connectivity index (χ3v) is 6.94. The topological polar surface area (TPSA) is 75.7 Å². The Kier molecular flexibility index (Phi) is 10.2. The van der Waals surface area contributed by atoms with Gasteiger partial charge >= 0.3 is 0 Å². The van der Waals surface area contributed by atoms with Crippen LogP contribution in [0.2, 0.25) is 5.02 Å².